The monoisotopic (exact) mass is 863 g/mol. The third-order valence-corrected chi connectivity index (χ3v) is 6.90. The quantitative estimate of drug-likeness (QED) is 0.183. The third-order valence-electron chi connectivity index (χ3n) is 6.90. The maximum absolute atomic E-state index is 11.1. The Hall–Kier alpha value is -5.63. The molecule has 3 rings (SSSR count). The molecule has 3 heterocycles. The van der Waals surface area contributed by atoms with Crippen LogP contribution < -0.4 is 58.0 Å². The first-order valence-corrected chi connectivity index (χ1v) is 16.9. The molecule has 0 aliphatic carbocycles. The minimum absolute atomic E-state index is 0. The summed E-state index contributed by atoms with van der Waals surface area (Å²) in [4.78, 5) is 56.8. The summed E-state index contributed by atoms with van der Waals surface area (Å²) in [7, 11) is 8.53. The molecule has 0 aliphatic heterocycles. The Bertz CT molecular complexity index is 1510. The van der Waals surface area contributed by atoms with Gasteiger partial charge >= 0.3 is 35.1 Å². The van der Waals surface area contributed by atoms with Crippen molar-refractivity contribution in [3.05, 3.63) is 18.2 Å². The van der Waals surface area contributed by atoms with Crippen molar-refractivity contribution in [3.63, 3.8) is 0 Å². The maximum atomic E-state index is 11.1. The van der Waals surface area contributed by atoms with E-state index in [0.29, 0.717) is 0 Å². The molecule has 0 spiro atoms. The van der Waals surface area contributed by atoms with Crippen LogP contribution in [0.25, 0.3) is 0 Å². The first-order valence-electron chi connectivity index (χ1n) is 16.9. The summed E-state index contributed by atoms with van der Waals surface area (Å²) < 4.78 is 45.5. The van der Waals surface area contributed by atoms with E-state index in [0.717, 1.165) is 0 Å². The Morgan fingerprint density at radius 1 is 0.414 bits per heavy atom. The Morgan fingerprint density at radius 3 is 0.672 bits per heavy atom. The fraction of sp³-hybridized carbons (Fsp3) is 0.583. The number of hydrogen-bond donors (Lipinski definition) is 0. The number of rotatable bonds is 15. The molecule has 58 heavy (non-hydrogen) atoms. The number of carbonyl (C=O) groups is 3. The first-order chi connectivity index (χ1) is 26.3. The minimum Gasteiger partial charge on any atom is -0.546 e. The average molecular weight is 864 g/mol. The number of methoxy groups -OCH3 is 6. The van der Waals surface area contributed by atoms with Crippen LogP contribution in [-0.4, -0.2) is 109 Å². The smallest absolute Gasteiger partial charge is 0.546 e. The predicted molar refractivity (Wildman–Crippen MR) is 192 cm³/mol. The molecule has 0 aliphatic rings. The zero-order valence-electron chi connectivity index (χ0n) is 35.1. The zero-order valence-corrected chi connectivity index (χ0v) is 36.2. The Labute approximate surface area is 347 Å². The van der Waals surface area contributed by atoms with E-state index in [9.17, 15) is 29.7 Å². The summed E-state index contributed by atoms with van der Waals surface area (Å²) in [5, 5.41) is 33.3. The Morgan fingerprint density at radius 2 is 0.569 bits per heavy atom. The summed E-state index contributed by atoms with van der Waals surface area (Å²) in [6, 6.07) is 3.95. The molecule has 0 saturated carbocycles. The molecule has 3 aromatic rings. The number of aromatic nitrogens is 6. The van der Waals surface area contributed by atoms with Crippen molar-refractivity contribution in [2.75, 3.05) is 42.7 Å². The van der Waals surface area contributed by atoms with Crippen molar-refractivity contribution in [3.8, 4) is 53.3 Å². The van der Waals surface area contributed by atoms with Gasteiger partial charge in [0, 0.05) is 16.2 Å². The van der Waals surface area contributed by atoms with Gasteiger partial charge in [0.25, 0.3) is 0 Å². The number of carboxylic acids is 3. The van der Waals surface area contributed by atoms with Gasteiger partial charge in [-0.1, -0.05) is 62.3 Å². The topological polar surface area (TPSA) is 281 Å². The van der Waals surface area contributed by atoms with Crippen LogP contribution in [0.4, 0.5) is 0 Å². The first kappa shape index (κ1) is 52.4. The van der Waals surface area contributed by atoms with Gasteiger partial charge in [-0.05, 0) is 0 Å². The van der Waals surface area contributed by atoms with Crippen molar-refractivity contribution < 1.29 is 89.4 Å². The molecule has 0 bridgehead atoms. The van der Waals surface area contributed by atoms with Gasteiger partial charge < -0.3 is 72.3 Å². The number of aliphatic carboxylic acids is 3. The van der Waals surface area contributed by atoms with Crippen LogP contribution in [0.1, 0.15) is 62.3 Å². The second-order valence-electron chi connectivity index (χ2n) is 14.8. The number of carbonyl (C=O) groups excluding carboxylic acids is 3. The van der Waals surface area contributed by atoms with Gasteiger partial charge in [-0.25, -0.2) is 0 Å². The summed E-state index contributed by atoms with van der Waals surface area (Å²) in [6.45, 7) is 15.4. The fourth-order valence-electron chi connectivity index (χ4n) is 3.99. The van der Waals surface area contributed by atoms with Gasteiger partial charge in [0.2, 0.25) is 35.3 Å². The standard InChI is InChI=1S/3C12H18N2O5.Fe/c3*1-12(2,3)9(10(15)16)19-11-13-7(17-4)6-8(14-11)18-5;/h3*6,9H,1-5H3,(H,15,16);/q;;;+3/p-3. The van der Waals surface area contributed by atoms with Crippen LogP contribution in [0.2, 0.25) is 0 Å². The molecule has 0 amide bonds. The van der Waals surface area contributed by atoms with E-state index in [4.69, 9.17) is 42.6 Å². The molecule has 0 saturated heterocycles. The van der Waals surface area contributed by atoms with Crippen LogP contribution in [-0.2, 0) is 31.5 Å². The van der Waals surface area contributed by atoms with Crippen molar-refractivity contribution in [2.45, 2.75) is 80.6 Å². The number of ether oxygens (including phenoxy) is 9. The van der Waals surface area contributed by atoms with Gasteiger partial charge in [0.15, 0.2) is 0 Å². The largest absolute Gasteiger partial charge is 3.00 e. The predicted octanol–water partition coefficient (Wildman–Crippen LogP) is 0.109. The number of nitrogens with zero attached hydrogens (tertiary/aromatic N) is 6. The SMILES string of the molecule is COc1cc(OC)nc(OC(C(=O)[O-])C(C)(C)C)n1.COc1cc(OC)nc(OC(C(=O)[O-])C(C)(C)C)n1.COc1cc(OC)nc(OC(C(=O)[O-])C(C)(C)C)n1.[Fe+3]. The van der Waals surface area contributed by atoms with Gasteiger partial charge in [0.05, 0.1) is 78.8 Å². The maximum Gasteiger partial charge on any atom is 3.00 e. The van der Waals surface area contributed by atoms with Gasteiger partial charge in [-0.15, -0.1) is 0 Å². The summed E-state index contributed by atoms with van der Waals surface area (Å²) in [5.74, 6) is -2.71. The Balaban J connectivity index is 0.000000833. The van der Waals surface area contributed by atoms with Crippen LogP contribution >= 0.6 is 0 Å². The summed E-state index contributed by atoms with van der Waals surface area (Å²) in [5.41, 5.74) is -2.00. The fourth-order valence-corrected chi connectivity index (χ4v) is 3.99. The van der Waals surface area contributed by atoms with E-state index in [2.05, 4.69) is 29.9 Å². The minimum atomic E-state index is -1.34. The van der Waals surface area contributed by atoms with Crippen molar-refractivity contribution >= 4 is 17.9 Å². The summed E-state index contributed by atoms with van der Waals surface area (Å²) in [6.07, 6.45) is -3.57. The second kappa shape index (κ2) is 22.9. The van der Waals surface area contributed by atoms with E-state index in [1.165, 1.54) is 60.9 Å². The molecule has 0 fully saturated rings. The number of hydrogen-bond acceptors (Lipinski definition) is 21. The molecule has 22 heteroatoms. The summed E-state index contributed by atoms with van der Waals surface area (Å²) >= 11 is 0. The molecule has 323 valence electrons. The molecule has 21 nitrogen and oxygen atoms in total. The Kier molecular flexibility index (Phi) is 20.7. The van der Waals surface area contributed by atoms with Gasteiger partial charge in [-0.3, -0.25) is 0 Å². The van der Waals surface area contributed by atoms with Gasteiger partial charge in [0.1, 0.15) is 18.3 Å². The molecule has 1 radical (unpaired) electrons. The van der Waals surface area contributed by atoms with E-state index in [1.807, 2.05) is 0 Å². The molecule has 3 unspecified atom stereocenters. The van der Waals surface area contributed by atoms with Crippen molar-refractivity contribution in [1.29, 1.82) is 0 Å². The molecule has 0 N–H and O–H groups in total. The second-order valence-corrected chi connectivity index (χ2v) is 14.8. The van der Waals surface area contributed by atoms with Crippen LogP contribution in [0.5, 0.6) is 53.3 Å². The van der Waals surface area contributed by atoms with E-state index >= 15 is 0 Å². The van der Waals surface area contributed by atoms with E-state index < -0.39 is 52.5 Å². The molecular formula is C36H51FeN6O15. The zero-order chi connectivity index (χ0) is 43.9. The van der Waals surface area contributed by atoms with E-state index in [1.54, 1.807) is 62.3 Å². The average Bonchev–Trinajstić information content (AvgIpc) is 3.13. The van der Waals surface area contributed by atoms with E-state index in [-0.39, 0.29) is 70.4 Å². The number of carboxylic acid groups (broad SMARTS) is 3. The third kappa shape index (κ3) is 17.2. The van der Waals surface area contributed by atoms with Crippen LogP contribution in [0.3, 0.4) is 0 Å². The van der Waals surface area contributed by atoms with Crippen LogP contribution in [0, 0.1) is 16.2 Å². The van der Waals surface area contributed by atoms with Gasteiger partial charge in [-0.2, -0.15) is 29.9 Å². The molecule has 0 aromatic carbocycles. The van der Waals surface area contributed by atoms with Crippen molar-refractivity contribution in [2.24, 2.45) is 16.2 Å². The van der Waals surface area contributed by atoms with Crippen molar-refractivity contribution in [1.82, 2.24) is 29.9 Å². The van der Waals surface area contributed by atoms with Crippen LogP contribution in [0.15, 0.2) is 18.2 Å². The molecule has 3 atom stereocenters. The molecule has 3 aromatic heterocycles. The molecular weight excluding hydrogens is 812 g/mol. The normalized spacial score (nSPS) is 12.5.